The smallest absolute Gasteiger partial charge is 0.327 e. The highest BCUT2D eigenvalue weighted by atomic mass is 35.5. The van der Waals surface area contributed by atoms with Crippen molar-refractivity contribution >= 4 is 52.9 Å². The molecule has 2 aliphatic heterocycles. The van der Waals surface area contributed by atoms with E-state index in [1.165, 1.54) is 16.7 Å². The number of thioether (sulfide) groups is 1. The van der Waals surface area contributed by atoms with Crippen LogP contribution >= 0.6 is 23.4 Å². The van der Waals surface area contributed by atoms with E-state index >= 15 is 0 Å². The molecule has 194 valence electrons. The molecule has 2 aromatic rings. The van der Waals surface area contributed by atoms with Crippen LogP contribution < -0.4 is 16.4 Å². The Bertz CT molecular complexity index is 1270. The predicted molar refractivity (Wildman–Crippen MR) is 140 cm³/mol. The molecule has 12 heteroatoms. The number of amidine groups is 1. The molecular formula is C25H26ClN5O5S. The van der Waals surface area contributed by atoms with Crippen molar-refractivity contribution in [2.24, 2.45) is 10.7 Å². The number of hydrogen-bond donors (Lipinski definition) is 4. The molecule has 4 atom stereocenters. The monoisotopic (exact) mass is 543 g/mol. The number of carboxylic acids is 1. The lowest BCUT2D eigenvalue weighted by molar-refractivity contribution is -0.161. The molecule has 1 unspecified atom stereocenters. The molecule has 0 aromatic heterocycles. The third kappa shape index (κ3) is 5.42. The summed E-state index contributed by atoms with van der Waals surface area (Å²) in [6.45, 7) is 3.17. The number of nitrogens with one attached hydrogen (secondary N) is 2. The molecule has 2 aliphatic rings. The number of rotatable bonds is 8. The molecule has 0 saturated carbocycles. The average Bonchev–Trinajstić information content (AvgIpc) is 3.12. The highest BCUT2D eigenvalue weighted by Gasteiger charge is 2.64. The van der Waals surface area contributed by atoms with E-state index in [4.69, 9.17) is 17.3 Å². The Labute approximate surface area is 222 Å². The number of aliphatic imine (C=N–C) groups is 1. The molecule has 4 rings (SSSR count). The summed E-state index contributed by atoms with van der Waals surface area (Å²) in [5.41, 5.74) is 7.03. The Balaban J connectivity index is 1.47. The van der Waals surface area contributed by atoms with Crippen molar-refractivity contribution in [3.8, 4) is 0 Å². The maximum absolute atomic E-state index is 13.3. The number of carbonyl (C=O) groups excluding carboxylic acids is 3. The van der Waals surface area contributed by atoms with Crippen molar-refractivity contribution < 1.29 is 24.3 Å². The second-order valence-electron chi connectivity index (χ2n) is 9.21. The molecule has 2 heterocycles. The number of benzene rings is 2. The van der Waals surface area contributed by atoms with Gasteiger partial charge in [0.25, 0.3) is 0 Å². The number of carboxylic acid groups (broad SMARTS) is 1. The van der Waals surface area contributed by atoms with Crippen molar-refractivity contribution in [3.63, 3.8) is 0 Å². The van der Waals surface area contributed by atoms with E-state index in [1.54, 1.807) is 68.4 Å². The van der Waals surface area contributed by atoms with E-state index in [0.29, 0.717) is 16.1 Å². The summed E-state index contributed by atoms with van der Waals surface area (Å²) in [7, 11) is 0. The number of nitrogens with two attached hydrogens (primary N) is 1. The zero-order valence-electron chi connectivity index (χ0n) is 20.1. The lowest BCUT2D eigenvalue weighted by Gasteiger charge is -2.44. The molecule has 0 spiro atoms. The summed E-state index contributed by atoms with van der Waals surface area (Å²) in [5, 5.41) is 14.9. The van der Waals surface area contributed by atoms with Crippen LogP contribution in [0.3, 0.4) is 0 Å². The average molecular weight is 544 g/mol. The first-order chi connectivity index (χ1) is 17.5. The highest BCUT2D eigenvalue weighted by molar-refractivity contribution is 8.01. The number of carbonyl (C=O) groups is 4. The zero-order chi connectivity index (χ0) is 26.9. The fourth-order valence-electron chi connectivity index (χ4n) is 4.43. The third-order valence-corrected chi connectivity index (χ3v) is 7.99. The molecule has 2 fully saturated rings. The summed E-state index contributed by atoms with van der Waals surface area (Å²) in [4.78, 5) is 56.0. The number of β-lactam (4-membered cyclic amide) rings is 1. The lowest BCUT2D eigenvalue weighted by Crippen LogP contribution is -2.71. The molecule has 2 aromatic carbocycles. The minimum absolute atomic E-state index is 0.118. The van der Waals surface area contributed by atoms with E-state index in [-0.39, 0.29) is 12.4 Å². The third-order valence-electron chi connectivity index (χ3n) is 6.19. The SMILES string of the molecule is CC1(C)S[C@@H]2[C@H](NC(=O)C(NC(=O)CN=C(N)c3cccc(Cl)c3)c3ccccc3)C(=O)N2[C@H]1C(=O)O. The minimum Gasteiger partial charge on any atom is -0.480 e. The topological polar surface area (TPSA) is 154 Å². The van der Waals surface area contributed by atoms with Crippen LogP contribution in [-0.4, -0.2) is 68.3 Å². The van der Waals surface area contributed by atoms with E-state index in [9.17, 15) is 24.3 Å². The number of halogens is 1. The quantitative estimate of drug-likeness (QED) is 0.224. The second kappa shape index (κ2) is 10.4. The number of hydrogen-bond acceptors (Lipinski definition) is 6. The summed E-state index contributed by atoms with van der Waals surface area (Å²) in [5.74, 6) is -2.60. The Morgan fingerprint density at radius 3 is 2.54 bits per heavy atom. The van der Waals surface area contributed by atoms with Gasteiger partial charge in [-0.3, -0.25) is 19.4 Å². The molecule has 5 N–H and O–H groups in total. The van der Waals surface area contributed by atoms with Crippen LogP contribution in [0.4, 0.5) is 0 Å². The van der Waals surface area contributed by atoms with E-state index < -0.39 is 51.9 Å². The van der Waals surface area contributed by atoms with E-state index in [2.05, 4.69) is 15.6 Å². The number of aliphatic carboxylic acids is 1. The number of nitrogens with zero attached hydrogens (tertiary/aromatic N) is 2. The van der Waals surface area contributed by atoms with Gasteiger partial charge in [-0.2, -0.15) is 0 Å². The van der Waals surface area contributed by atoms with Crippen LogP contribution in [0.15, 0.2) is 59.6 Å². The first-order valence-corrected chi connectivity index (χ1v) is 12.7. The fraction of sp³-hybridized carbons (Fsp3) is 0.320. The van der Waals surface area contributed by atoms with E-state index in [0.717, 1.165) is 0 Å². The fourth-order valence-corrected chi connectivity index (χ4v) is 6.25. The van der Waals surface area contributed by atoms with Gasteiger partial charge in [0, 0.05) is 15.3 Å². The molecule has 0 aliphatic carbocycles. The molecule has 0 bridgehead atoms. The summed E-state index contributed by atoms with van der Waals surface area (Å²) >= 11 is 7.29. The normalized spacial score (nSPS) is 23.0. The van der Waals surface area contributed by atoms with Crippen molar-refractivity contribution in [3.05, 3.63) is 70.7 Å². The Hall–Kier alpha value is -3.57. The van der Waals surface area contributed by atoms with Crippen molar-refractivity contribution in [1.29, 1.82) is 0 Å². The molecule has 37 heavy (non-hydrogen) atoms. The largest absolute Gasteiger partial charge is 0.480 e. The predicted octanol–water partition coefficient (Wildman–Crippen LogP) is 1.53. The van der Waals surface area contributed by atoms with Gasteiger partial charge < -0.3 is 26.4 Å². The first-order valence-electron chi connectivity index (χ1n) is 11.4. The summed E-state index contributed by atoms with van der Waals surface area (Å²) < 4.78 is -0.723. The zero-order valence-corrected chi connectivity index (χ0v) is 21.6. The lowest BCUT2D eigenvalue weighted by atomic mass is 9.95. The summed E-state index contributed by atoms with van der Waals surface area (Å²) in [6, 6.07) is 12.3. The van der Waals surface area contributed by atoms with Crippen molar-refractivity contribution in [2.45, 2.75) is 42.1 Å². The van der Waals surface area contributed by atoms with Gasteiger partial charge in [0.2, 0.25) is 17.7 Å². The van der Waals surface area contributed by atoms with Crippen molar-refractivity contribution in [1.82, 2.24) is 15.5 Å². The van der Waals surface area contributed by atoms with Crippen molar-refractivity contribution in [2.75, 3.05) is 6.54 Å². The highest BCUT2D eigenvalue weighted by Crippen LogP contribution is 2.50. The Kier molecular flexibility index (Phi) is 7.47. The van der Waals surface area contributed by atoms with E-state index in [1.807, 2.05) is 0 Å². The van der Waals surface area contributed by atoms with Gasteiger partial charge in [-0.05, 0) is 31.5 Å². The van der Waals surface area contributed by atoms with Gasteiger partial charge in [0.1, 0.15) is 35.9 Å². The van der Waals surface area contributed by atoms with Gasteiger partial charge in [0.05, 0.1) is 0 Å². The maximum atomic E-state index is 13.3. The van der Waals surface area contributed by atoms with Crippen LogP contribution in [0.2, 0.25) is 5.02 Å². The maximum Gasteiger partial charge on any atom is 0.327 e. The second-order valence-corrected chi connectivity index (χ2v) is 11.4. The number of fused-ring (bicyclic) bond motifs is 1. The molecule has 0 radical (unpaired) electrons. The van der Waals surface area contributed by atoms with Gasteiger partial charge in [-0.15, -0.1) is 11.8 Å². The van der Waals surface area contributed by atoms with Gasteiger partial charge in [-0.1, -0.05) is 54.1 Å². The number of amides is 3. The molecular weight excluding hydrogens is 518 g/mol. The molecule has 2 saturated heterocycles. The van der Waals surface area contributed by atoms with Crippen LogP contribution in [0.5, 0.6) is 0 Å². The summed E-state index contributed by atoms with van der Waals surface area (Å²) in [6.07, 6.45) is 0. The van der Waals surface area contributed by atoms with Crippen LogP contribution in [0.25, 0.3) is 0 Å². The molecule has 10 nitrogen and oxygen atoms in total. The Morgan fingerprint density at radius 1 is 1.19 bits per heavy atom. The van der Waals surface area contributed by atoms with Crippen LogP contribution in [-0.2, 0) is 19.2 Å². The van der Waals surface area contributed by atoms with Gasteiger partial charge in [-0.25, -0.2) is 4.79 Å². The standard InChI is InChI=1S/C25H26ClN5O5S/c1-25(2)19(24(35)36)31-22(34)18(23(31)37-25)30-21(33)17(13-7-4-3-5-8-13)29-16(32)12-28-20(27)14-9-6-10-15(26)11-14/h3-11,17-19,23H,12H2,1-2H3,(H2,27,28)(H,29,32)(H,30,33)(H,35,36)/t17?,18-,19+,23-/m1/s1. The Morgan fingerprint density at radius 2 is 1.89 bits per heavy atom. The first kappa shape index (κ1) is 26.5. The van der Waals surface area contributed by atoms with Gasteiger partial charge in [0.15, 0.2) is 0 Å². The molecule has 3 amide bonds. The van der Waals surface area contributed by atoms with Crippen LogP contribution in [0.1, 0.15) is 31.0 Å². The minimum atomic E-state index is -1.10. The van der Waals surface area contributed by atoms with Gasteiger partial charge >= 0.3 is 5.97 Å². The van der Waals surface area contributed by atoms with Crippen LogP contribution in [0, 0.1) is 0 Å².